The normalized spacial score (nSPS) is 22.9. The first-order chi connectivity index (χ1) is 9.42. The number of aliphatic hydroxyl groups excluding tert-OH is 1. The van der Waals surface area contributed by atoms with Gasteiger partial charge in [0.25, 0.3) is 0 Å². The number of hydrogen-bond acceptors (Lipinski definition) is 5. The summed E-state index contributed by atoms with van der Waals surface area (Å²) in [6, 6.07) is 4.47. The van der Waals surface area contributed by atoms with E-state index >= 15 is 0 Å². The van der Waals surface area contributed by atoms with Crippen molar-refractivity contribution in [1.29, 1.82) is 0 Å². The van der Waals surface area contributed by atoms with Crippen molar-refractivity contribution in [2.75, 3.05) is 19.4 Å². The van der Waals surface area contributed by atoms with Crippen LogP contribution in [0.5, 0.6) is 5.75 Å². The number of hydrogen-bond donors (Lipinski definition) is 3. The molecule has 0 radical (unpaired) electrons. The summed E-state index contributed by atoms with van der Waals surface area (Å²) in [6.07, 6.45) is 1.90. The number of ether oxygens (including phenoxy) is 1. The molecule has 0 amide bonds. The lowest BCUT2D eigenvalue weighted by atomic mass is 10.1. The maximum atomic E-state index is 12.2. The Morgan fingerprint density at radius 3 is 2.75 bits per heavy atom. The lowest BCUT2D eigenvalue weighted by Crippen LogP contribution is -2.29. The van der Waals surface area contributed by atoms with Gasteiger partial charge < -0.3 is 15.6 Å². The van der Waals surface area contributed by atoms with Gasteiger partial charge in [-0.1, -0.05) is 0 Å². The number of rotatable bonds is 5. The van der Waals surface area contributed by atoms with Crippen molar-refractivity contribution < 1.29 is 18.3 Å². The molecule has 0 bridgehead atoms. The maximum Gasteiger partial charge on any atom is 0.242 e. The number of aliphatic hydroxyl groups is 1. The fourth-order valence-corrected chi connectivity index (χ4v) is 3.66. The minimum Gasteiger partial charge on any atom is -0.497 e. The number of benzene rings is 1. The summed E-state index contributed by atoms with van der Waals surface area (Å²) >= 11 is 0. The van der Waals surface area contributed by atoms with Crippen LogP contribution in [0.2, 0.25) is 0 Å². The summed E-state index contributed by atoms with van der Waals surface area (Å²) in [5.74, 6) is 0.694. The van der Waals surface area contributed by atoms with Crippen molar-refractivity contribution in [3.8, 4) is 5.75 Å². The molecule has 2 rings (SSSR count). The summed E-state index contributed by atoms with van der Waals surface area (Å²) in [7, 11) is -2.14. The predicted molar refractivity (Wildman–Crippen MR) is 75.9 cm³/mol. The standard InChI is InChI=1S/C13H20N2O4S/c1-19-11-4-5-13(12(14)7-11)20(17,18)15-8-9-2-3-10(16)6-9/h4-5,7,9-10,15-16H,2-3,6,8,14H2,1H3. The molecule has 0 aliphatic heterocycles. The lowest BCUT2D eigenvalue weighted by molar-refractivity contribution is 0.178. The molecule has 7 heteroatoms. The highest BCUT2D eigenvalue weighted by atomic mass is 32.2. The van der Waals surface area contributed by atoms with Crippen LogP contribution in [-0.2, 0) is 10.0 Å². The first kappa shape index (κ1) is 15.1. The van der Waals surface area contributed by atoms with Crippen LogP contribution < -0.4 is 15.2 Å². The second-order valence-electron chi connectivity index (χ2n) is 5.09. The molecule has 1 aliphatic rings. The summed E-state index contributed by atoms with van der Waals surface area (Å²) in [4.78, 5) is 0.0526. The molecular weight excluding hydrogens is 280 g/mol. The van der Waals surface area contributed by atoms with E-state index in [9.17, 15) is 13.5 Å². The van der Waals surface area contributed by atoms with Crippen molar-refractivity contribution >= 4 is 15.7 Å². The molecule has 4 N–H and O–H groups in total. The zero-order valence-electron chi connectivity index (χ0n) is 11.4. The Morgan fingerprint density at radius 2 is 2.20 bits per heavy atom. The van der Waals surface area contributed by atoms with Crippen molar-refractivity contribution in [2.45, 2.75) is 30.3 Å². The van der Waals surface area contributed by atoms with E-state index < -0.39 is 10.0 Å². The molecule has 0 spiro atoms. The Bertz CT molecular complexity index is 574. The minimum absolute atomic E-state index is 0.0526. The maximum absolute atomic E-state index is 12.2. The van der Waals surface area contributed by atoms with Gasteiger partial charge in [0.15, 0.2) is 0 Å². The molecule has 1 aromatic carbocycles. The predicted octanol–water partition coefficient (Wildman–Crippen LogP) is 0.717. The van der Waals surface area contributed by atoms with Crippen LogP contribution in [0.3, 0.4) is 0 Å². The first-order valence-corrected chi connectivity index (χ1v) is 8.02. The highest BCUT2D eigenvalue weighted by molar-refractivity contribution is 7.89. The van der Waals surface area contributed by atoms with Crippen LogP contribution in [0.4, 0.5) is 5.69 Å². The molecule has 2 atom stereocenters. The lowest BCUT2D eigenvalue weighted by Gasteiger charge is -2.13. The molecule has 20 heavy (non-hydrogen) atoms. The topological polar surface area (TPSA) is 102 Å². The van der Waals surface area contributed by atoms with E-state index in [-0.39, 0.29) is 22.6 Å². The summed E-state index contributed by atoms with van der Waals surface area (Å²) < 4.78 is 31.9. The highest BCUT2D eigenvalue weighted by Gasteiger charge is 2.25. The Hall–Kier alpha value is -1.31. The van der Waals surface area contributed by atoms with E-state index in [2.05, 4.69) is 4.72 Å². The molecule has 0 saturated heterocycles. The first-order valence-electron chi connectivity index (χ1n) is 6.53. The summed E-state index contributed by atoms with van der Waals surface area (Å²) in [6.45, 7) is 0.324. The van der Waals surface area contributed by atoms with E-state index in [1.807, 2.05) is 0 Å². The van der Waals surface area contributed by atoms with E-state index in [4.69, 9.17) is 10.5 Å². The van der Waals surface area contributed by atoms with E-state index in [0.29, 0.717) is 18.7 Å². The highest BCUT2D eigenvalue weighted by Crippen LogP contribution is 2.26. The smallest absolute Gasteiger partial charge is 0.242 e. The Morgan fingerprint density at radius 1 is 1.45 bits per heavy atom. The van der Waals surface area contributed by atoms with Gasteiger partial charge in [0.2, 0.25) is 10.0 Å². The number of nitrogens with two attached hydrogens (primary N) is 1. The van der Waals surface area contributed by atoms with Crippen molar-refractivity contribution in [3.63, 3.8) is 0 Å². The van der Waals surface area contributed by atoms with Gasteiger partial charge in [-0.2, -0.15) is 0 Å². The molecule has 0 heterocycles. The van der Waals surface area contributed by atoms with Gasteiger partial charge in [-0.25, -0.2) is 13.1 Å². The Labute approximate surface area is 119 Å². The third-order valence-electron chi connectivity index (χ3n) is 3.58. The SMILES string of the molecule is COc1ccc(S(=O)(=O)NCC2CCC(O)C2)c(N)c1. The average Bonchev–Trinajstić information content (AvgIpc) is 2.82. The van der Waals surface area contributed by atoms with Gasteiger partial charge in [0.05, 0.1) is 18.9 Å². The minimum atomic E-state index is -3.63. The monoisotopic (exact) mass is 300 g/mol. The van der Waals surface area contributed by atoms with Crippen LogP contribution >= 0.6 is 0 Å². The van der Waals surface area contributed by atoms with Crippen LogP contribution in [0.25, 0.3) is 0 Å². The van der Waals surface area contributed by atoms with Gasteiger partial charge in [0.1, 0.15) is 10.6 Å². The molecule has 1 fully saturated rings. The summed E-state index contributed by atoms with van der Waals surface area (Å²) in [5.41, 5.74) is 5.91. The number of sulfonamides is 1. The van der Waals surface area contributed by atoms with Gasteiger partial charge in [-0.3, -0.25) is 0 Å². The second-order valence-corrected chi connectivity index (χ2v) is 6.82. The zero-order valence-corrected chi connectivity index (χ0v) is 12.2. The van der Waals surface area contributed by atoms with E-state index in [1.54, 1.807) is 6.07 Å². The second kappa shape index (κ2) is 5.99. The number of methoxy groups -OCH3 is 1. The average molecular weight is 300 g/mol. The molecule has 1 aromatic rings. The van der Waals surface area contributed by atoms with Gasteiger partial charge >= 0.3 is 0 Å². The number of anilines is 1. The molecule has 6 nitrogen and oxygen atoms in total. The third kappa shape index (κ3) is 3.41. The fraction of sp³-hybridized carbons (Fsp3) is 0.538. The van der Waals surface area contributed by atoms with Crippen LogP contribution in [0, 0.1) is 5.92 Å². The summed E-state index contributed by atoms with van der Waals surface area (Å²) in [5, 5.41) is 9.44. The van der Waals surface area contributed by atoms with Gasteiger partial charge in [-0.05, 0) is 37.3 Å². The van der Waals surface area contributed by atoms with Crippen molar-refractivity contribution in [2.24, 2.45) is 5.92 Å². The van der Waals surface area contributed by atoms with E-state index in [1.165, 1.54) is 19.2 Å². The van der Waals surface area contributed by atoms with E-state index in [0.717, 1.165) is 12.8 Å². The van der Waals surface area contributed by atoms with Crippen molar-refractivity contribution in [3.05, 3.63) is 18.2 Å². The van der Waals surface area contributed by atoms with Crippen LogP contribution in [0.1, 0.15) is 19.3 Å². The number of nitrogens with one attached hydrogen (secondary N) is 1. The molecule has 0 aromatic heterocycles. The van der Waals surface area contributed by atoms with Crippen molar-refractivity contribution in [1.82, 2.24) is 4.72 Å². The molecule has 2 unspecified atom stereocenters. The van der Waals surface area contributed by atoms with Gasteiger partial charge in [0, 0.05) is 12.6 Å². The van der Waals surface area contributed by atoms with Crippen LogP contribution in [-0.4, -0.2) is 33.3 Å². The van der Waals surface area contributed by atoms with Gasteiger partial charge in [-0.15, -0.1) is 0 Å². The largest absolute Gasteiger partial charge is 0.497 e. The molecular formula is C13H20N2O4S. The molecule has 112 valence electrons. The quantitative estimate of drug-likeness (QED) is 0.695. The van der Waals surface area contributed by atoms with Crippen LogP contribution in [0.15, 0.2) is 23.1 Å². The number of nitrogen functional groups attached to an aromatic ring is 1. The molecule has 1 saturated carbocycles. The zero-order chi connectivity index (χ0) is 14.8. The fourth-order valence-electron chi connectivity index (χ4n) is 2.44. The molecule has 1 aliphatic carbocycles. The third-order valence-corrected chi connectivity index (χ3v) is 5.08. The Balaban J connectivity index is 2.06. The Kier molecular flexibility index (Phi) is 4.52.